The molecular weight excluding hydrogens is 238 g/mol. The van der Waals surface area contributed by atoms with Crippen LogP contribution in [0.25, 0.3) is 5.82 Å². The van der Waals surface area contributed by atoms with Gasteiger partial charge in [-0.15, -0.1) is 0 Å². The Morgan fingerprint density at radius 1 is 1.38 bits per heavy atom. The molecule has 0 aliphatic carbocycles. The number of nitrogens with two attached hydrogens (primary N) is 1. The van der Waals surface area contributed by atoms with E-state index in [2.05, 4.69) is 10.1 Å². The molecule has 4 nitrogen and oxygen atoms in total. The molecule has 16 heavy (non-hydrogen) atoms. The van der Waals surface area contributed by atoms with Gasteiger partial charge in [-0.05, 0) is 6.92 Å². The van der Waals surface area contributed by atoms with Crippen LogP contribution >= 0.6 is 11.6 Å². The first kappa shape index (κ1) is 10.8. The molecule has 0 amide bonds. The lowest BCUT2D eigenvalue weighted by atomic mass is 10.4. The molecule has 0 aliphatic rings. The topological polar surface area (TPSA) is 56.7 Å². The average molecular weight is 245 g/mol. The van der Waals surface area contributed by atoms with E-state index in [1.807, 2.05) is 0 Å². The molecule has 2 heterocycles. The fraction of sp³-hybridized carbons (Fsp3) is 0.111. The monoisotopic (exact) mass is 244 g/mol. The summed E-state index contributed by atoms with van der Waals surface area (Å²) < 4.78 is 27.4. The first-order valence-electron chi connectivity index (χ1n) is 4.32. The maximum atomic E-state index is 13.4. The number of nitrogens with zero attached hydrogens (tertiary/aromatic N) is 3. The molecular formula is C9H7ClF2N4. The summed E-state index contributed by atoms with van der Waals surface area (Å²) in [6, 6.07) is 0.655. The lowest BCUT2D eigenvalue weighted by Gasteiger charge is -2.03. The Morgan fingerprint density at radius 2 is 2.06 bits per heavy atom. The van der Waals surface area contributed by atoms with Crippen LogP contribution in [0.1, 0.15) is 5.69 Å². The van der Waals surface area contributed by atoms with Gasteiger partial charge in [0.05, 0.1) is 16.9 Å². The van der Waals surface area contributed by atoms with Crippen molar-refractivity contribution in [3.63, 3.8) is 0 Å². The Labute approximate surface area is 94.7 Å². The Kier molecular flexibility index (Phi) is 2.51. The smallest absolute Gasteiger partial charge is 0.191 e. The molecule has 0 aliphatic heterocycles. The molecule has 0 unspecified atom stereocenters. The van der Waals surface area contributed by atoms with Crippen molar-refractivity contribution in [1.82, 2.24) is 14.8 Å². The molecule has 0 fully saturated rings. The second kappa shape index (κ2) is 3.71. The number of anilines is 1. The zero-order chi connectivity index (χ0) is 11.9. The number of hydrogen-bond acceptors (Lipinski definition) is 3. The van der Waals surface area contributed by atoms with Crippen LogP contribution in [0.5, 0.6) is 0 Å². The molecule has 0 spiro atoms. The second-order valence-electron chi connectivity index (χ2n) is 3.17. The molecule has 0 saturated carbocycles. The molecule has 0 bridgehead atoms. The molecule has 0 aromatic carbocycles. The van der Waals surface area contributed by atoms with Gasteiger partial charge in [-0.25, -0.2) is 18.4 Å². The highest BCUT2D eigenvalue weighted by atomic mass is 35.5. The van der Waals surface area contributed by atoms with Crippen LogP contribution in [-0.4, -0.2) is 14.8 Å². The minimum absolute atomic E-state index is 0.186. The predicted octanol–water partition coefficient (Wildman–Crippen LogP) is 2.09. The predicted molar refractivity (Wildman–Crippen MR) is 55.4 cm³/mol. The second-order valence-corrected chi connectivity index (χ2v) is 3.58. The van der Waals surface area contributed by atoms with Crippen molar-refractivity contribution in [3.05, 3.63) is 34.6 Å². The Hall–Kier alpha value is -1.69. The minimum atomic E-state index is -0.906. The summed E-state index contributed by atoms with van der Waals surface area (Å²) in [5.74, 6) is -2.34. The van der Waals surface area contributed by atoms with Crippen molar-refractivity contribution in [1.29, 1.82) is 0 Å². The number of halogens is 3. The van der Waals surface area contributed by atoms with Crippen LogP contribution in [0.4, 0.5) is 14.6 Å². The van der Waals surface area contributed by atoms with Crippen molar-refractivity contribution in [2.45, 2.75) is 6.92 Å². The summed E-state index contributed by atoms with van der Waals surface area (Å²) in [6.07, 6.45) is 1.37. The van der Waals surface area contributed by atoms with Crippen LogP contribution in [0.15, 0.2) is 12.3 Å². The summed E-state index contributed by atoms with van der Waals surface area (Å²) >= 11 is 5.76. The number of rotatable bonds is 1. The third kappa shape index (κ3) is 1.71. The third-order valence-electron chi connectivity index (χ3n) is 1.99. The van der Waals surface area contributed by atoms with E-state index < -0.39 is 11.6 Å². The molecule has 2 aromatic rings. The van der Waals surface area contributed by atoms with Gasteiger partial charge in [0.2, 0.25) is 0 Å². The first-order chi connectivity index (χ1) is 7.49. The highest BCUT2D eigenvalue weighted by Gasteiger charge is 2.13. The van der Waals surface area contributed by atoms with Crippen molar-refractivity contribution in [3.8, 4) is 5.82 Å². The van der Waals surface area contributed by atoms with Crippen molar-refractivity contribution < 1.29 is 8.78 Å². The van der Waals surface area contributed by atoms with Crippen LogP contribution in [0.3, 0.4) is 0 Å². The van der Waals surface area contributed by atoms with Gasteiger partial charge < -0.3 is 5.73 Å². The highest BCUT2D eigenvalue weighted by molar-refractivity contribution is 6.31. The summed E-state index contributed by atoms with van der Waals surface area (Å²) in [4.78, 5) is 3.57. The van der Waals surface area contributed by atoms with Crippen molar-refractivity contribution in [2.24, 2.45) is 0 Å². The molecule has 0 atom stereocenters. The molecule has 2 aromatic heterocycles. The van der Waals surface area contributed by atoms with Gasteiger partial charge >= 0.3 is 0 Å². The van der Waals surface area contributed by atoms with Gasteiger partial charge in [0.1, 0.15) is 0 Å². The minimum Gasteiger partial charge on any atom is -0.381 e. The molecule has 7 heteroatoms. The maximum absolute atomic E-state index is 13.4. The quantitative estimate of drug-likeness (QED) is 0.836. The Morgan fingerprint density at radius 3 is 2.62 bits per heavy atom. The Bertz CT molecular complexity index is 533. The highest BCUT2D eigenvalue weighted by Crippen LogP contribution is 2.19. The summed E-state index contributed by atoms with van der Waals surface area (Å²) in [5.41, 5.74) is 5.76. The lowest BCUT2D eigenvalue weighted by Crippen LogP contribution is -2.06. The fourth-order valence-electron chi connectivity index (χ4n) is 1.18. The number of aromatic nitrogens is 3. The van der Waals surface area contributed by atoms with Gasteiger partial charge in [0, 0.05) is 6.07 Å². The van der Waals surface area contributed by atoms with Gasteiger partial charge in [-0.2, -0.15) is 5.10 Å². The van der Waals surface area contributed by atoms with Gasteiger partial charge in [-0.1, -0.05) is 11.6 Å². The van der Waals surface area contributed by atoms with E-state index >= 15 is 0 Å². The van der Waals surface area contributed by atoms with Crippen molar-refractivity contribution >= 4 is 17.4 Å². The molecule has 2 N–H and O–H groups in total. The first-order valence-corrected chi connectivity index (χ1v) is 4.70. The van der Waals surface area contributed by atoms with Crippen LogP contribution in [0.2, 0.25) is 5.02 Å². The van der Waals surface area contributed by atoms with E-state index in [1.165, 1.54) is 6.20 Å². The molecule has 2 rings (SSSR count). The van der Waals surface area contributed by atoms with E-state index in [4.69, 9.17) is 17.3 Å². The van der Waals surface area contributed by atoms with Gasteiger partial charge in [-0.3, -0.25) is 0 Å². The average Bonchev–Trinajstić information content (AvgIpc) is 2.53. The van der Waals surface area contributed by atoms with E-state index in [0.717, 1.165) is 4.68 Å². The van der Waals surface area contributed by atoms with Crippen LogP contribution < -0.4 is 5.73 Å². The summed E-state index contributed by atoms with van der Waals surface area (Å²) in [5, 5.41) is 4.28. The number of aryl methyl sites for hydroxylation is 1. The van der Waals surface area contributed by atoms with Crippen LogP contribution in [-0.2, 0) is 0 Å². The van der Waals surface area contributed by atoms with Gasteiger partial charge in [0.15, 0.2) is 23.3 Å². The zero-order valence-electron chi connectivity index (χ0n) is 8.21. The fourth-order valence-corrected chi connectivity index (χ4v) is 1.31. The van der Waals surface area contributed by atoms with Crippen LogP contribution in [0, 0.1) is 18.6 Å². The standard InChI is InChI=1S/C9H7ClF2N4/c1-4-5(10)3-16(15-4)9-7(12)2-6(11)8(13)14-9/h2-3H,1H3,(H2,13,14). The molecule has 84 valence electrons. The van der Waals surface area contributed by atoms with E-state index in [-0.39, 0.29) is 11.6 Å². The molecule has 0 radical (unpaired) electrons. The summed E-state index contributed by atoms with van der Waals surface area (Å²) in [6.45, 7) is 1.66. The largest absolute Gasteiger partial charge is 0.381 e. The van der Waals surface area contributed by atoms with Gasteiger partial charge in [0.25, 0.3) is 0 Å². The Balaban J connectivity index is 2.60. The number of nitrogen functional groups attached to an aromatic ring is 1. The summed E-state index contributed by atoms with van der Waals surface area (Å²) in [7, 11) is 0. The zero-order valence-corrected chi connectivity index (χ0v) is 8.96. The van der Waals surface area contributed by atoms with E-state index in [9.17, 15) is 8.78 Å². The number of pyridine rings is 1. The maximum Gasteiger partial charge on any atom is 0.191 e. The normalized spacial score (nSPS) is 10.8. The SMILES string of the molecule is Cc1nn(-c2nc(N)c(F)cc2F)cc1Cl. The van der Waals surface area contributed by atoms with E-state index in [0.29, 0.717) is 16.8 Å². The van der Waals surface area contributed by atoms with E-state index in [1.54, 1.807) is 6.92 Å². The lowest BCUT2D eigenvalue weighted by molar-refractivity contribution is 0.564. The molecule has 0 saturated heterocycles. The number of hydrogen-bond donors (Lipinski definition) is 1. The third-order valence-corrected chi connectivity index (χ3v) is 2.37. The van der Waals surface area contributed by atoms with Crippen molar-refractivity contribution in [2.75, 3.05) is 5.73 Å².